The zero-order valence-electron chi connectivity index (χ0n) is 34.5. The lowest BCUT2D eigenvalue weighted by atomic mass is 9.92. The number of benzene rings is 3. The van der Waals surface area contributed by atoms with Gasteiger partial charge in [-0.1, -0.05) is 52.8 Å². The molecule has 3 aliphatic heterocycles. The first-order valence-electron chi connectivity index (χ1n) is 20.4. The van der Waals surface area contributed by atoms with Crippen LogP contribution in [0.1, 0.15) is 83.2 Å². The molecule has 0 radical (unpaired) electrons. The number of aromatic nitrogens is 4. The van der Waals surface area contributed by atoms with Crippen molar-refractivity contribution in [3.8, 4) is 28.1 Å². The molecule has 2 aromatic heterocycles. The molecule has 8 rings (SSSR count). The monoisotopic (exact) mass is 804 g/mol. The van der Waals surface area contributed by atoms with Gasteiger partial charge in [0.15, 0.2) is 0 Å². The highest BCUT2D eigenvalue weighted by Crippen LogP contribution is 2.43. The van der Waals surface area contributed by atoms with Gasteiger partial charge >= 0.3 is 12.2 Å². The number of carbonyl (C=O) groups is 4. The molecule has 0 saturated carbocycles. The van der Waals surface area contributed by atoms with Crippen LogP contribution in [0.15, 0.2) is 48.7 Å². The SMILES string of the molecule is COC(=O)NC(C(=O)N1CC(C)CC1c1ncc(-c2ccc3c(c2)COc2cc4c(ccc5[nH]c([C@@H]6CCCN6C(=O)C(NC(=O)OC)C(C)C)nc54)cc2-3)[nH]1)C(C)C. The topological polar surface area (TPSA) is 184 Å². The molecule has 0 aliphatic carbocycles. The fourth-order valence-corrected chi connectivity index (χ4v) is 8.90. The number of nitrogens with one attached hydrogen (secondary N) is 4. The summed E-state index contributed by atoms with van der Waals surface area (Å²) < 4.78 is 16.0. The quantitative estimate of drug-likeness (QED) is 0.122. The van der Waals surface area contributed by atoms with Crippen molar-refractivity contribution in [3.63, 3.8) is 0 Å². The number of ether oxygens (including phenoxy) is 3. The summed E-state index contributed by atoms with van der Waals surface area (Å²) in [4.78, 5) is 72.2. The fraction of sp³-hybridized carbons (Fsp3) is 0.455. The predicted octanol–water partition coefficient (Wildman–Crippen LogP) is 7.00. The molecule has 0 bridgehead atoms. The number of aromatic amines is 2. The van der Waals surface area contributed by atoms with Crippen LogP contribution in [0.3, 0.4) is 0 Å². The molecule has 0 spiro atoms. The Labute approximate surface area is 342 Å². The molecular formula is C44H52N8O7. The minimum atomic E-state index is -0.713. The van der Waals surface area contributed by atoms with Crippen LogP contribution in [0.5, 0.6) is 5.75 Å². The molecule has 15 nitrogen and oxygen atoms in total. The third-order valence-corrected chi connectivity index (χ3v) is 12.0. The average molecular weight is 805 g/mol. The molecule has 310 valence electrons. The smallest absolute Gasteiger partial charge is 0.407 e. The molecule has 2 fully saturated rings. The molecule has 5 heterocycles. The van der Waals surface area contributed by atoms with Crippen LogP contribution in [0.4, 0.5) is 9.59 Å². The third-order valence-electron chi connectivity index (χ3n) is 12.0. The van der Waals surface area contributed by atoms with E-state index < -0.39 is 24.3 Å². The minimum absolute atomic E-state index is 0.123. The summed E-state index contributed by atoms with van der Waals surface area (Å²) in [5.74, 6) is 1.91. The third kappa shape index (κ3) is 7.42. The van der Waals surface area contributed by atoms with E-state index in [1.807, 2.05) is 49.8 Å². The summed E-state index contributed by atoms with van der Waals surface area (Å²) in [6, 6.07) is 12.7. The maximum absolute atomic E-state index is 13.8. The van der Waals surface area contributed by atoms with E-state index in [0.29, 0.717) is 25.5 Å². The van der Waals surface area contributed by atoms with Gasteiger partial charge in [-0.15, -0.1) is 0 Å². The van der Waals surface area contributed by atoms with Crippen molar-refractivity contribution in [3.05, 3.63) is 65.9 Å². The number of likely N-dealkylation sites (tertiary alicyclic amines) is 2. The Morgan fingerprint density at radius 3 is 2.25 bits per heavy atom. The number of hydrogen-bond donors (Lipinski definition) is 4. The van der Waals surface area contributed by atoms with E-state index >= 15 is 0 Å². The highest BCUT2D eigenvalue weighted by molar-refractivity contribution is 6.07. The molecule has 15 heteroatoms. The maximum Gasteiger partial charge on any atom is 0.407 e. The lowest BCUT2D eigenvalue weighted by Crippen LogP contribution is -2.51. The molecular weight excluding hydrogens is 753 g/mol. The normalized spacial score (nSPS) is 19.7. The van der Waals surface area contributed by atoms with Gasteiger partial charge in [0.2, 0.25) is 11.8 Å². The second-order valence-corrected chi connectivity index (χ2v) is 16.7. The summed E-state index contributed by atoms with van der Waals surface area (Å²) >= 11 is 0. The number of nitrogens with zero attached hydrogens (tertiary/aromatic N) is 4. The van der Waals surface area contributed by atoms with E-state index in [0.717, 1.165) is 80.6 Å². The zero-order valence-corrected chi connectivity index (χ0v) is 34.5. The van der Waals surface area contributed by atoms with E-state index in [-0.39, 0.29) is 41.7 Å². The molecule has 4 amide bonds. The van der Waals surface area contributed by atoms with E-state index in [4.69, 9.17) is 24.2 Å². The first-order valence-corrected chi connectivity index (χ1v) is 20.4. The summed E-state index contributed by atoms with van der Waals surface area (Å²) in [5.41, 5.74) is 6.59. The van der Waals surface area contributed by atoms with Gasteiger partial charge in [0, 0.05) is 24.0 Å². The number of fused-ring (bicyclic) bond motifs is 6. The number of alkyl carbamates (subject to hydrolysis) is 2. The van der Waals surface area contributed by atoms with E-state index in [1.165, 1.54) is 14.2 Å². The van der Waals surface area contributed by atoms with Crippen molar-refractivity contribution in [1.82, 2.24) is 40.4 Å². The number of amides is 4. The van der Waals surface area contributed by atoms with Crippen LogP contribution in [0, 0.1) is 17.8 Å². The van der Waals surface area contributed by atoms with E-state index in [1.54, 1.807) is 0 Å². The summed E-state index contributed by atoms with van der Waals surface area (Å²) in [6.45, 7) is 11.3. The molecule has 2 saturated heterocycles. The van der Waals surface area contributed by atoms with Crippen LogP contribution in [-0.4, -0.2) is 93.1 Å². The Morgan fingerprint density at radius 2 is 1.56 bits per heavy atom. The van der Waals surface area contributed by atoms with Gasteiger partial charge in [0.05, 0.1) is 49.2 Å². The maximum atomic E-state index is 13.8. The highest BCUT2D eigenvalue weighted by atomic mass is 16.5. The van der Waals surface area contributed by atoms with Gasteiger partial charge in [0.1, 0.15) is 36.1 Å². The van der Waals surface area contributed by atoms with Crippen molar-refractivity contribution in [2.75, 3.05) is 27.3 Å². The molecule has 4 unspecified atom stereocenters. The van der Waals surface area contributed by atoms with Crippen molar-refractivity contribution in [2.45, 2.75) is 84.7 Å². The second kappa shape index (κ2) is 15.9. The van der Waals surface area contributed by atoms with Gasteiger partial charge in [-0.25, -0.2) is 19.6 Å². The van der Waals surface area contributed by atoms with Crippen molar-refractivity contribution in [2.24, 2.45) is 17.8 Å². The number of rotatable bonds is 9. The van der Waals surface area contributed by atoms with Crippen molar-refractivity contribution < 1.29 is 33.4 Å². The van der Waals surface area contributed by atoms with E-state index in [9.17, 15) is 19.2 Å². The largest absolute Gasteiger partial charge is 0.488 e. The average Bonchev–Trinajstić information content (AvgIpc) is 4.06. The van der Waals surface area contributed by atoms with Crippen LogP contribution in [0.25, 0.3) is 44.2 Å². The minimum Gasteiger partial charge on any atom is -0.488 e. The van der Waals surface area contributed by atoms with Crippen molar-refractivity contribution in [1.29, 1.82) is 0 Å². The standard InChI is InChI=1S/C44H52N8O7/c1-22(2)36(49-43(55)57-6)41(53)51-14-8-9-33(51)40-46-31-13-11-25-17-30-28-12-10-26(16-27(28)21-59-35(30)18-29(25)38(31)48-40)32-19-45-39(47-32)34-15-24(5)20-52(34)42(54)37(23(3)4)50-44(56)58-7/h10-13,16-19,22-24,33-34,36-37H,8-9,14-15,20-21H2,1-7H3,(H,45,47)(H,46,48)(H,49,55)(H,50,56)/t24?,33-,34?,36?,37?/m0/s1. The molecule has 59 heavy (non-hydrogen) atoms. The van der Waals surface area contributed by atoms with Gasteiger partial charge in [0.25, 0.3) is 0 Å². The van der Waals surface area contributed by atoms with Crippen LogP contribution < -0.4 is 15.4 Å². The number of H-pyrrole nitrogens is 2. The van der Waals surface area contributed by atoms with Gasteiger partial charge in [-0.3, -0.25) is 9.59 Å². The zero-order chi connectivity index (χ0) is 41.7. The number of imidazole rings is 2. The number of carbonyl (C=O) groups excluding carboxylic acids is 4. The van der Waals surface area contributed by atoms with Gasteiger partial charge in [-0.2, -0.15) is 0 Å². The molecule has 4 N–H and O–H groups in total. The molecule has 3 aromatic carbocycles. The number of methoxy groups -OCH3 is 2. The van der Waals surface area contributed by atoms with Crippen LogP contribution in [0.2, 0.25) is 0 Å². The lowest BCUT2D eigenvalue weighted by Gasteiger charge is -2.30. The van der Waals surface area contributed by atoms with Crippen molar-refractivity contribution >= 4 is 45.8 Å². The summed E-state index contributed by atoms with van der Waals surface area (Å²) in [7, 11) is 2.58. The Hall–Kier alpha value is -6.12. The summed E-state index contributed by atoms with van der Waals surface area (Å²) in [5, 5.41) is 7.40. The number of hydrogen-bond acceptors (Lipinski definition) is 9. The van der Waals surface area contributed by atoms with E-state index in [2.05, 4.69) is 63.9 Å². The van der Waals surface area contributed by atoms with Crippen LogP contribution in [-0.2, 0) is 25.7 Å². The first-order chi connectivity index (χ1) is 28.3. The Kier molecular flexibility index (Phi) is 10.7. The van der Waals surface area contributed by atoms with Gasteiger partial charge < -0.3 is 44.6 Å². The fourth-order valence-electron chi connectivity index (χ4n) is 8.90. The Balaban J connectivity index is 1.04. The Morgan fingerprint density at radius 1 is 0.847 bits per heavy atom. The highest BCUT2D eigenvalue weighted by Gasteiger charge is 2.41. The molecule has 5 atom stereocenters. The molecule has 5 aromatic rings. The van der Waals surface area contributed by atoms with Crippen LogP contribution >= 0.6 is 0 Å². The second-order valence-electron chi connectivity index (χ2n) is 16.7. The lowest BCUT2D eigenvalue weighted by molar-refractivity contribution is -0.136. The Bertz CT molecular complexity index is 2440. The summed E-state index contributed by atoms with van der Waals surface area (Å²) in [6.07, 6.45) is 2.89. The molecule has 3 aliphatic rings. The predicted molar refractivity (Wildman–Crippen MR) is 221 cm³/mol. The first kappa shape index (κ1) is 39.7. The van der Waals surface area contributed by atoms with Gasteiger partial charge in [-0.05, 0) is 83.4 Å².